The number of fused-ring (bicyclic) bond motifs is 1. The zero-order valence-electron chi connectivity index (χ0n) is 14.1. The Hall–Kier alpha value is -2.17. The second-order valence-corrected chi connectivity index (χ2v) is 7.76. The van der Waals surface area contributed by atoms with E-state index in [0.29, 0.717) is 23.7 Å². The number of rotatable bonds is 4. The molecule has 2 fully saturated rings. The summed E-state index contributed by atoms with van der Waals surface area (Å²) in [5, 5.41) is 0. The van der Waals surface area contributed by atoms with Gasteiger partial charge in [0, 0.05) is 18.2 Å². The van der Waals surface area contributed by atoms with E-state index in [-0.39, 0.29) is 17.9 Å². The van der Waals surface area contributed by atoms with Crippen LogP contribution < -0.4 is 9.80 Å². The molecular formula is C19H22N2O3. The Kier molecular flexibility index (Phi) is 3.31. The first-order valence-corrected chi connectivity index (χ1v) is 8.68. The predicted octanol–water partition coefficient (Wildman–Crippen LogP) is 2.78. The summed E-state index contributed by atoms with van der Waals surface area (Å²) in [5.41, 5.74) is 0.929. The van der Waals surface area contributed by atoms with E-state index in [1.807, 2.05) is 6.07 Å². The number of benzene rings is 1. The molecule has 5 nitrogen and oxygen atoms in total. The third-order valence-electron chi connectivity index (χ3n) is 5.27. The first kappa shape index (κ1) is 15.4. The molecule has 1 heterocycles. The number of nitrogens with zero attached hydrogens (tertiary/aromatic N) is 2. The van der Waals surface area contributed by atoms with Crippen LogP contribution in [0.5, 0.6) is 0 Å². The molecule has 4 rings (SSSR count). The predicted molar refractivity (Wildman–Crippen MR) is 91.2 cm³/mol. The highest BCUT2D eigenvalue weighted by molar-refractivity contribution is 6.20. The van der Waals surface area contributed by atoms with Crippen LogP contribution >= 0.6 is 0 Å². The standard InChI is InChI=1S/C19H22N2O3/c1-19(2)17(23)20(10-12-3-4-12)15-8-5-13(11-22)9-16(15)21(18(19)24)14-6-7-14/h5,8-9,11-12,14H,3-4,6-7,10H2,1-2H3. The van der Waals surface area contributed by atoms with Crippen molar-refractivity contribution in [2.45, 2.75) is 45.6 Å². The van der Waals surface area contributed by atoms with Gasteiger partial charge >= 0.3 is 0 Å². The minimum Gasteiger partial charge on any atom is -0.309 e. The van der Waals surface area contributed by atoms with Crippen LogP contribution in [0.1, 0.15) is 49.9 Å². The number of carbonyl (C=O) groups is 3. The Morgan fingerprint density at radius 3 is 2.38 bits per heavy atom. The van der Waals surface area contributed by atoms with Crippen molar-refractivity contribution in [2.75, 3.05) is 16.3 Å². The van der Waals surface area contributed by atoms with Gasteiger partial charge in [0.25, 0.3) is 0 Å². The highest BCUT2D eigenvalue weighted by atomic mass is 16.2. The number of anilines is 2. The smallest absolute Gasteiger partial charge is 0.242 e. The maximum absolute atomic E-state index is 13.2. The maximum Gasteiger partial charge on any atom is 0.242 e. The van der Waals surface area contributed by atoms with Crippen LogP contribution in [0.25, 0.3) is 0 Å². The number of hydrogen-bond donors (Lipinski definition) is 0. The van der Waals surface area contributed by atoms with Gasteiger partial charge in [0.1, 0.15) is 11.7 Å². The van der Waals surface area contributed by atoms with Crippen LogP contribution in [0, 0.1) is 11.3 Å². The highest BCUT2D eigenvalue weighted by Crippen LogP contribution is 2.45. The molecule has 0 saturated heterocycles. The molecule has 2 aliphatic carbocycles. The van der Waals surface area contributed by atoms with Crippen molar-refractivity contribution in [1.82, 2.24) is 0 Å². The highest BCUT2D eigenvalue weighted by Gasteiger charge is 2.50. The van der Waals surface area contributed by atoms with Gasteiger partial charge in [-0.15, -0.1) is 0 Å². The number of aldehydes is 1. The van der Waals surface area contributed by atoms with Crippen LogP contribution in [-0.2, 0) is 9.59 Å². The van der Waals surface area contributed by atoms with Crippen molar-refractivity contribution >= 4 is 29.5 Å². The molecule has 3 aliphatic rings. The Labute approximate surface area is 141 Å². The lowest BCUT2D eigenvalue weighted by molar-refractivity contribution is -0.137. The van der Waals surface area contributed by atoms with Crippen molar-refractivity contribution in [3.8, 4) is 0 Å². The normalized spacial score (nSPS) is 23.1. The summed E-state index contributed by atoms with van der Waals surface area (Å²) in [4.78, 5) is 41.1. The van der Waals surface area contributed by atoms with E-state index in [4.69, 9.17) is 0 Å². The molecule has 0 radical (unpaired) electrons. The molecule has 0 aromatic heterocycles. The molecule has 1 aromatic carbocycles. The molecule has 0 unspecified atom stereocenters. The molecule has 1 aromatic rings. The van der Waals surface area contributed by atoms with E-state index in [1.165, 1.54) is 0 Å². The molecule has 0 bridgehead atoms. The van der Waals surface area contributed by atoms with Crippen molar-refractivity contribution in [1.29, 1.82) is 0 Å². The quantitative estimate of drug-likeness (QED) is 0.631. The van der Waals surface area contributed by atoms with Crippen LogP contribution in [0.4, 0.5) is 11.4 Å². The largest absolute Gasteiger partial charge is 0.309 e. The Morgan fingerprint density at radius 2 is 1.79 bits per heavy atom. The van der Waals surface area contributed by atoms with Gasteiger partial charge in [-0.05, 0) is 63.6 Å². The average Bonchev–Trinajstić information content (AvgIpc) is 3.45. The van der Waals surface area contributed by atoms with Crippen LogP contribution in [0.3, 0.4) is 0 Å². The SMILES string of the molecule is CC1(C)C(=O)N(CC2CC2)c2ccc(C=O)cc2N(C2CC2)C1=O. The summed E-state index contributed by atoms with van der Waals surface area (Å²) < 4.78 is 0. The molecule has 24 heavy (non-hydrogen) atoms. The Morgan fingerprint density at radius 1 is 1.08 bits per heavy atom. The molecule has 1 aliphatic heterocycles. The van der Waals surface area contributed by atoms with Crippen molar-refractivity contribution < 1.29 is 14.4 Å². The second kappa shape index (κ2) is 5.16. The van der Waals surface area contributed by atoms with Gasteiger partial charge < -0.3 is 9.80 Å². The van der Waals surface area contributed by atoms with E-state index in [1.54, 1.807) is 35.8 Å². The first-order chi connectivity index (χ1) is 11.4. The molecule has 0 spiro atoms. The summed E-state index contributed by atoms with van der Waals surface area (Å²) in [6.45, 7) is 4.10. The third-order valence-corrected chi connectivity index (χ3v) is 5.27. The summed E-state index contributed by atoms with van der Waals surface area (Å²) in [7, 11) is 0. The molecule has 0 atom stereocenters. The molecule has 0 N–H and O–H groups in total. The topological polar surface area (TPSA) is 57.7 Å². The lowest BCUT2D eigenvalue weighted by atomic mass is 9.90. The van der Waals surface area contributed by atoms with Crippen molar-refractivity contribution in [2.24, 2.45) is 11.3 Å². The molecule has 5 heteroatoms. The van der Waals surface area contributed by atoms with Gasteiger partial charge in [-0.1, -0.05) is 0 Å². The van der Waals surface area contributed by atoms with Gasteiger partial charge in [0.05, 0.1) is 11.4 Å². The summed E-state index contributed by atoms with van der Waals surface area (Å²) in [6, 6.07) is 5.45. The van der Waals surface area contributed by atoms with Crippen LogP contribution in [-0.4, -0.2) is 30.7 Å². The van der Waals surface area contributed by atoms with Gasteiger partial charge in [-0.25, -0.2) is 0 Å². The van der Waals surface area contributed by atoms with E-state index in [2.05, 4.69) is 0 Å². The van der Waals surface area contributed by atoms with E-state index in [0.717, 1.165) is 37.7 Å². The summed E-state index contributed by atoms with van der Waals surface area (Å²) in [5.74, 6) is 0.228. The van der Waals surface area contributed by atoms with E-state index < -0.39 is 5.41 Å². The fraction of sp³-hybridized carbons (Fsp3) is 0.526. The molecular weight excluding hydrogens is 304 g/mol. The van der Waals surface area contributed by atoms with Gasteiger partial charge in [0.2, 0.25) is 11.8 Å². The fourth-order valence-electron chi connectivity index (χ4n) is 3.42. The van der Waals surface area contributed by atoms with Crippen molar-refractivity contribution in [3.63, 3.8) is 0 Å². The second-order valence-electron chi connectivity index (χ2n) is 7.76. The van der Waals surface area contributed by atoms with Crippen molar-refractivity contribution in [3.05, 3.63) is 23.8 Å². The zero-order valence-corrected chi connectivity index (χ0v) is 14.1. The number of hydrogen-bond acceptors (Lipinski definition) is 3. The van der Waals surface area contributed by atoms with Gasteiger partial charge in [-0.3, -0.25) is 14.4 Å². The Balaban J connectivity index is 1.89. The third kappa shape index (κ3) is 2.34. The number of carbonyl (C=O) groups excluding carboxylic acids is 3. The molecule has 126 valence electrons. The molecule has 2 saturated carbocycles. The molecule has 2 amide bonds. The number of amides is 2. The minimum absolute atomic E-state index is 0.136. The summed E-state index contributed by atoms with van der Waals surface area (Å²) in [6.07, 6.45) is 4.95. The van der Waals surface area contributed by atoms with Crippen LogP contribution in [0.15, 0.2) is 18.2 Å². The monoisotopic (exact) mass is 326 g/mol. The van der Waals surface area contributed by atoms with Gasteiger partial charge in [-0.2, -0.15) is 0 Å². The van der Waals surface area contributed by atoms with E-state index in [9.17, 15) is 14.4 Å². The summed E-state index contributed by atoms with van der Waals surface area (Å²) >= 11 is 0. The average molecular weight is 326 g/mol. The van der Waals surface area contributed by atoms with E-state index >= 15 is 0 Å². The van der Waals surface area contributed by atoms with Crippen LogP contribution in [0.2, 0.25) is 0 Å². The lowest BCUT2D eigenvalue weighted by Gasteiger charge is -2.28. The minimum atomic E-state index is -1.09. The Bertz CT molecular complexity index is 732. The first-order valence-electron chi connectivity index (χ1n) is 8.68. The zero-order chi connectivity index (χ0) is 17.1. The fourth-order valence-corrected chi connectivity index (χ4v) is 3.42. The maximum atomic E-state index is 13.2. The van der Waals surface area contributed by atoms with Gasteiger partial charge in [0.15, 0.2) is 0 Å². The lowest BCUT2D eigenvalue weighted by Crippen LogP contribution is -2.49.